The summed E-state index contributed by atoms with van der Waals surface area (Å²) >= 11 is 0. The Hall–Kier alpha value is -0.610. The summed E-state index contributed by atoms with van der Waals surface area (Å²) in [7, 11) is 4.00. The molecule has 1 N–H and O–H groups in total. The molecule has 0 heterocycles. The van der Waals surface area contributed by atoms with E-state index in [1.165, 1.54) is 0 Å². The van der Waals surface area contributed by atoms with Gasteiger partial charge in [0, 0.05) is 19.5 Å². The summed E-state index contributed by atoms with van der Waals surface area (Å²) < 4.78 is 5.28. The van der Waals surface area contributed by atoms with Crippen LogP contribution in [0.15, 0.2) is 0 Å². The highest BCUT2D eigenvalue weighted by atomic mass is 16.5. The molecular weight excluding hydrogens is 168 g/mol. The molecule has 4 heteroatoms. The minimum absolute atomic E-state index is 0.0798. The fourth-order valence-electron chi connectivity index (χ4n) is 0.737. The second kappa shape index (κ2) is 8.01. The first-order chi connectivity index (χ1) is 6.16. The van der Waals surface area contributed by atoms with Crippen LogP contribution in [0.3, 0.4) is 0 Å². The Labute approximate surface area is 80.2 Å². The summed E-state index contributed by atoms with van der Waals surface area (Å²) in [6.07, 6.45) is 0.539. The summed E-state index contributed by atoms with van der Waals surface area (Å²) in [5, 5.41) is 2.74. The number of amides is 1. The van der Waals surface area contributed by atoms with E-state index in [0.29, 0.717) is 19.6 Å². The molecule has 0 saturated heterocycles. The predicted octanol–water partition coefficient (Wildman–Crippen LogP) is 0.0908. The lowest BCUT2D eigenvalue weighted by atomic mass is 10.4. The summed E-state index contributed by atoms with van der Waals surface area (Å²) in [5.41, 5.74) is 0. The Morgan fingerprint density at radius 2 is 2.08 bits per heavy atom. The molecule has 0 aliphatic heterocycles. The van der Waals surface area contributed by atoms with Crippen LogP contribution in [-0.4, -0.2) is 51.2 Å². The van der Waals surface area contributed by atoms with Crippen molar-refractivity contribution in [1.29, 1.82) is 0 Å². The lowest BCUT2D eigenvalue weighted by Crippen LogP contribution is -2.27. The Kier molecular flexibility index (Phi) is 7.63. The molecule has 0 bridgehead atoms. The molecule has 0 spiro atoms. The van der Waals surface area contributed by atoms with Crippen LogP contribution in [0.4, 0.5) is 0 Å². The van der Waals surface area contributed by atoms with E-state index in [2.05, 4.69) is 10.2 Å². The number of hydrogen-bond donors (Lipinski definition) is 1. The van der Waals surface area contributed by atoms with Crippen molar-refractivity contribution in [3.8, 4) is 0 Å². The molecule has 0 unspecified atom stereocenters. The van der Waals surface area contributed by atoms with Gasteiger partial charge in [-0.2, -0.15) is 0 Å². The van der Waals surface area contributed by atoms with E-state index in [4.69, 9.17) is 4.74 Å². The van der Waals surface area contributed by atoms with Gasteiger partial charge in [-0.05, 0) is 14.1 Å². The SMILES string of the molecule is CCC(=O)NCCOCCN(C)C. The van der Waals surface area contributed by atoms with E-state index >= 15 is 0 Å². The Balaban J connectivity index is 3.04. The number of carbonyl (C=O) groups excluding carboxylic acids is 1. The van der Waals surface area contributed by atoms with Gasteiger partial charge >= 0.3 is 0 Å². The lowest BCUT2D eigenvalue weighted by molar-refractivity contribution is -0.121. The van der Waals surface area contributed by atoms with Crippen LogP contribution in [-0.2, 0) is 9.53 Å². The summed E-state index contributed by atoms with van der Waals surface area (Å²) in [5.74, 6) is 0.0798. The van der Waals surface area contributed by atoms with Crippen LogP contribution >= 0.6 is 0 Å². The van der Waals surface area contributed by atoms with Gasteiger partial charge in [-0.3, -0.25) is 4.79 Å². The first-order valence-electron chi connectivity index (χ1n) is 4.66. The molecule has 0 aliphatic carbocycles. The van der Waals surface area contributed by atoms with E-state index < -0.39 is 0 Å². The molecule has 0 aromatic carbocycles. The monoisotopic (exact) mass is 188 g/mol. The second-order valence-corrected chi connectivity index (χ2v) is 3.12. The van der Waals surface area contributed by atoms with Crippen LogP contribution in [0.2, 0.25) is 0 Å². The van der Waals surface area contributed by atoms with Crippen LogP contribution < -0.4 is 5.32 Å². The van der Waals surface area contributed by atoms with Crippen LogP contribution in [0.1, 0.15) is 13.3 Å². The lowest BCUT2D eigenvalue weighted by Gasteiger charge is -2.09. The topological polar surface area (TPSA) is 41.6 Å². The molecular formula is C9H20N2O2. The normalized spacial score (nSPS) is 10.5. The summed E-state index contributed by atoms with van der Waals surface area (Å²) in [6, 6.07) is 0. The minimum atomic E-state index is 0.0798. The smallest absolute Gasteiger partial charge is 0.219 e. The molecule has 4 nitrogen and oxygen atoms in total. The molecule has 0 aromatic heterocycles. The maximum absolute atomic E-state index is 10.8. The molecule has 0 fully saturated rings. The zero-order chi connectivity index (χ0) is 10.1. The molecule has 0 rings (SSSR count). The number of likely N-dealkylation sites (N-methyl/N-ethyl adjacent to an activating group) is 1. The molecule has 0 atom stereocenters. The molecule has 0 aliphatic rings. The van der Waals surface area contributed by atoms with Gasteiger partial charge in [-0.1, -0.05) is 6.92 Å². The Morgan fingerprint density at radius 3 is 2.62 bits per heavy atom. The van der Waals surface area contributed by atoms with Gasteiger partial charge in [0.1, 0.15) is 0 Å². The Bertz CT molecular complexity index is 138. The zero-order valence-corrected chi connectivity index (χ0v) is 8.80. The highest BCUT2D eigenvalue weighted by Crippen LogP contribution is 1.79. The number of nitrogens with one attached hydrogen (secondary N) is 1. The Morgan fingerprint density at radius 1 is 1.38 bits per heavy atom. The summed E-state index contributed by atoms with van der Waals surface area (Å²) in [4.78, 5) is 12.8. The molecule has 0 radical (unpaired) electrons. The standard InChI is InChI=1S/C9H20N2O2/c1-4-9(12)10-5-7-13-8-6-11(2)3/h4-8H2,1-3H3,(H,10,12). The van der Waals surface area contributed by atoms with Gasteiger partial charge in [-0.15, -0.1) is 0 Å². The fraction of sp³-hybridized carbons (Fsp3) is 0.889. The van der Waals surface area contributed by atoms with Crippen molar-refractivity contribution in [3.63, 3.8) is 0 Å². The van der Waals surface area contributed by atoms with Crippen molar-refractivity contribution in [2.45, 2.75) is 13.3 Å². The molecule has 0 aromatic rings. The quantitative estimate of drug-likeness (QED) is 0.576. The first kappa shape index (κ1) is 12.4. The third-order valence-electron chi connectivity index (χ3n) is 1.57. The zero-order valence-electron chi connectivity index (χ0n) is 8.80. The van der Waals surface area contributed by atoms with E-state index in [-0.39, 0.29) is 5.91 Å². The van der Waals surface area contributed by atoms with E-state index in [0.717, 1.165) is 13.2 Å². The van der Waals surface area contributed by atoms with Crippen molar-refractivity contribution in [3.05, 3.63) is 0 Å². The number of rotatable bonds is 7. The highest BCUT2D eigenvalue weighted by molar-refractivity contribution is 5.75. The van der Waals surface area contributed by atoms with Crippen LogP contribution in [0.25, 0.3) is 0 Å². The maximum atomic E-state index is 10.8. The predicted molar refractivity (Wildman–Crippen MR) is 52.7 cm³/mol. The second-order valence-electron chi connectivity index (χ2n) is 3.12. The molecule has 1 amide bonds. The average Bonchev–Trinajstić information content (AvgIpc) is 2.10. The maximum Gasteiger partial charge on any atom is 0.219 e. The van der Waals surface area contributed by atoms with Crippen molar-refractivity contribution < 1.29 is 9.53 Å². The molecule has 78 valence electrons. The van der Waals surface area contributed by atoms with E-state index in [1.54, 1.807) is 0 Å². The van der Waals surface area contributed by atoms with E-state index in [9.17, 15) is 4.79 Å². The molecule has 0 saturated carbocycles. The third kappa shape index (κ3) is 9.30. The van der Waals surface area contributed by atoms with Crippen molar-refractivity contribution in [1.82, 2.24) is 10.2 Å². The number of carbonyl (C=O) groups is 1. The summed E-state index contributed by atoms with van der Waals surface area (Å²) in [6.45, 7) is 4.68. The van der Waals surface area contributed by atoms with Gasteiger partial charge in [0.2, 0.25) is 5.91 Å². The number of nitrogens with zero attached hydrogens (tertiary/aromatic N) is 1. The van der Waals surface area contributed by atoms with Crippen molar-refractivity contribution in [2.24, 2.45) is 0 Å². The number of ether oxygens (including phenoxy) is 1. The van der Waals surface area contributed by atoms with Gasteiger partial charge in [0.15, 0.2) is 0 Å². The van der Waals surface area contributed by atoms with Crippen LogP contribution in [0.5, 0.6) is 0 Å². The third-order valence-corrected chi connectivity index (χ3v) is 1.57. The van der Waals surface area contributed by atoms with Crippen molar-refractivity contribution >= 4 is 5.91 Å². The van der Waals surface area contributed by atoms with Crippen LogP contribution in [0, 0.1) is 0 Å². The van der Waals surface area contributed by atoms with Gasteiger partial charge in [0.25, 0.3) is 0 Å². The van der Waals surface area contributed by atoms with E-state index in [1.807, 2.05) is 21.0 Å². The van der Waals surface area contributed by atoms with Gasteiger partial charge < -0.3 is 15.0 Å². The average molecular weight is 188 g/mol. The first-order valence-corrected chi connectivity index (χ1v) is 4.66. The molecule has 13 heavy (non-hydrogen) atoms. The minimum Gasteiger partial charge on any atom is -0.378 e. The highest BCUT2D eigenvalue weighted by Gasteiger charge is 1.95. The van der Waals surface area contributed by atoms with Gasteiger partial charge in [-0.25, -0.2) is 0 Å². The largest absolute Gasteiger partial charge is 0.378 e. The van der Waals surface area contributed by atoms with Crippen molar-refractivity contribution in [2.75, 3.05) is 40.4 Å². The number of hydrogen-bond acceptors (Lipinski definition) is 3. The van der Waals surface area contributed by atoms with Gasteiger partial charge in [0.05, 0.1) is 13.2 Å². The fourth-order valence-corrected chi connectivity index (χ4v) is 0.737.